The third kappa shape index (κ3) is 6.20. The minimum absolute atomic E-state index is 0.0191. The topological polar surface area (TPSA) is 83.6 Å². The molecule has 2 N–H and O–H groups in total. The Kier molecular flexibility index (Phi) is 7.15. The number of carbonyl (C=O) groups excluding carboxylic acids is 2. The molecule has 0 bridgehead atoms. The van der Waals surface area contributed by atoms with Crippen LogP contribution in [-0.2, 0) is 4.79 Å². The number of benzene rings is 1. The van der Waals surface area contributed by atoms with Crippen LogP contribution in [0.25, 0.3) is 0 Å². The summed E-state index contributed by atoms with van der Waals surface area (Å²) in [5.74, 6) is 0.565. The van der Waals surface area contributed by atoms with Gasteiger partial charge in [0.1, 0.15) is 5.75 Å². The monoisotopic (exact) mass is 424 g/mol. The zero-order valence-corrected chi connectivity index (χ0v) is 18.7. The fourth-order valence-electron chi connectivity index (χ4n) is 3.70. The van der Waals surface area contributed by atoms with Crippen LogP contribution in [0, 0.1) is 5.92 Å². The van der Waals surface area contributed by atoms with E-state index in [2.05, 4.69) is 15.6 Å². The maximum absolute atomic E-state index is 13.1. The molecule has 2 heterocycles. The second-order valence-corrected chi connectivity index (χ2v) is 8.91. The Morgan fingerprint density at radius 3 is 2.48 bits per heavy atom. The first kappa shape index (κ1) is 22.6. The van der Waals surface area contributed by atoms with Gasteiger partial charge in [0.05, 0.1) is 18.8 Å². The second-order valence-electron chi connectivity index (χ2n) is 8.91. The van der Waals surface area contributed by atoms with E-state index in [0.29, 0.717) is 25.9 Å². The highest BCUT2D eigenvalue weighted by Crippen LogP contribution is 2.26. The molecule has 1 aromatic heterocycles. The quantitative estimate of drug-likeness (QED) is 0.769. The smallest absolute Gasteiger partial charge is 0.317 e. The van der Waals surface area contributed by atoms with E-state index < -0.39 is 0 Å². The van der Waals surface area contributed by atoms with E-state index in [-0.39, 0.29) is 29.4 Å². The van der Waals surface area contributed by atoms with Gasteiger partial charge in [-0.3, -0.25) is 9.78 Å². The molecule has 0 saturated carbocycles. The third-order valence-corrected chi connectivity index (χ3v) is 5.33. The lowest BCUT2D eigenvalue weighted by Crippen LogP contribution is -2.51. The van der Waals surface area contributed by atoms with Crippen molar-refractivity contribution in [2.24, 2.45) is 5.92 Å². The molecule has 166 valence electrons. The zero-order valence-electron chi connectivity index (χ0n) is 18.7. The first-order chi connectivity index (χ1) is 14.8. The van der Waals surface area contributed by atoms with Crippen molar-refractivity contribution in [2.45, 2.75) is 45.2 Å². The molecule has 1 atom stereocenters. The number of urea groups is 1. The summed E-state index contributed by atoms with van der Waals surface area (Å²) < 4.78 is 5.35. The van der Waals surface area contributed by atoms with Gasteiger partial charge in [-0.25, -0.2) is 4.79 Å². The molecule has 0 radical (unpaired) electrons. The fraction of sp³-hybridized carbons (Fsp3) is 0.458. The number of hydrogen-bond donors (Lipinski definition) is 2. The standard InChI is InChI=1S/C24H32N4O3/c1-24(2,3)27-23(30)28-14-11-17(12-15-28)22(29)26-21(20-10-5-6-13-25-20)18-8-7-9-19(16-18)31-4/h5-10,13,16-17,21H,11-12,14-15H2,1-4H3,(H,26,29)(H,27,30). The Balaban J connectivity index is 1.68. The van der Waals surface area contributed by atoms with Gasteiger partial charge < -0.3 is 20.3 Å². The van der Waals surface area contributed by atoms with Gasteiger partial charge in [-0.05, 0) is 63.4 Å². The van der Waals surface area contributed by atoms with Gasteiger partial charge in [-0.1, -0.05) is 18.2 Å². The van der Waals surface area contributed by atoms with Crippen LogP contribution in [0.2, 0.25) is 0 Å². The lowest BCUT2D eigenvalue weighted by molar-refractivity contribution is -0.126. The molecule has 1 aliphatic heterocycles. The summed E-state index contributed by atoms with van der Waals surface area (Å²) in [7, 11) is 1.62. The summed E-state index contributed by atoms with van der Waals surface area (Å²) in [6.45, 7) is 7.01. The molecule has 0 aliphatic carbocycles. The van der Waals surface area contributed by atoms with Crippen LogP contribution in [0.15, 0.2) is 48.7 Å². The van der Waals surface area contributed by atoms with E-state index in [1.54, 1.807) is 18.2 Å². The molecule has 7 heteroatoms. The highest BCUT2D eigenvalue weighted by atomic mass is 16.5. The van der Waals surface area contributed by atoms with Gasteiger partial charge in [0.15, 0.2) is 0 Å². The molecular weight excluding hydrogens is 392 g/mol. The lowest BCUT2D eigenvalue weighted by atomic mass is 9.94. The zero-order chi connectivity index (χ0) is 22.4. The van der Waals surface area contributed by atoms with Crippen molar-refractivity contribution in [3.63, 3.8) is 0 Å². The molecule has 3 amide bonds. The van der Waals surface area contributed by atoms with Crippen molar-refractivity contribution in [3.8, 4) is 5.75 Å². The molecule has 7 nitrogen and oxygen atoms in total. The van der Waals surface area contributed by atoms with Crippen molar-refractivity contribution < 1.29 is 14.3 Å². The number of hydrogen-bond acceptors (Lipinski definition) is 4. The van der Waals surface area contributed by atoms with Crippen molar-refractivity contribution in [2.75, 3.05) is 20.2 Å². The van der Waals surface area contributed by atoms with Crippen molar-refractivity contribution in [3.05, 3.63) is 59.9 Å². The molecule has 1 unspecified atom stereocenters. The largest absolute Gasteiger partial charge is 0.497 e. The summed E-state index contributed by atoms with van der Waals surface area (Å²) >= 11 is 0. The van der Waals surface area contributed by atoms with Crippen LogP contribution in [0.5, 0.6) is 5.75 Å². The number of aromatic nitrogens is 1. The Hall–Kier alpha value is -3.09. The number of pyridine rings is 1. The number of likely N-dealkylation sites (tertiary alicyclic amines) is 1. The first-order valence-corrected chi connectivity index (χ1v) is 10.7. The van der Waals surface area contributed by atoms with Gasteiger partial charge >= 0.3 is 6.03 Å². The van der Waals surface area contributed by atoms with Crippen molar-refractivity contribution >= 4 is 11.9 Å². The van der Waals surface area contributed by atoms with Crippen molar-refractivity contribution in [1.82, 2.24) is 20.5 Å². The van der Waals surface area contributed by atoms with Crippen LogP contribution >= 0.6 is 0 Å². The van der Waals surface area contributed by atoms with E-state index in [4.69, 9.17) is 4.74 Å². The van der Waals surface area contributed by atoms with Crippen molar-refractivity contribution in [1.29, 1.82) is 0 Å². The molecule has 1 aromatic carbocycles. The molecule has 1 saturated heterocycles. The maximum Gasteiger partial charge on any atom is 0.317 e. The van der Waals surface area contributed by atoms with E-state index in [1.165, 1.54) is 0 Å². The summed E-state index contributed by atoms with van der Waals surface area (Å²) in [6, 6.07) is 12.9. The predicted octanol–water partition coefficient (Wildman–Crippen LogP) is 3.52. The van der Waals surface area contributed by atoms with Crippen LogP contribution < -0.4 is 15.4 Å². The summed E-state index contributed by atoms with van der Waals surface area (Å²) in [5.41, 5.74) is 1.40. The van der Waals surface area contributed by atoms with Crippen LogP contribution in [0.1, 0.15) is 50.9 Å². The minimum Gasteiger partial charge on any atom is -0.497 e. The number of carbonyl (C=O) groups is 2. The highest BCUT2D eigenvalue weighted by molar-refractivity contribution is 5.80. The molecule has 0 spiro atoms. The Bertz CT molecular complexity index is 887. The maximum atomic E-state index is 13.1. The average Bonchev–Trinajstić information content (AvgIpc) is 2.77. The fourth-order valence-corrected chi connectivity index (χ4v) is 3.70. The summed E-state index contributed by atoms with van der Waals surface area (Å²) in [4.78, 5) is 31.8. The van der Waals surface area contributed by atoms with Gasteiger partial charge in [0.2, 0.25) is 5.91 Å². The van der Waals surface area contributed by atoms with Gasteiger partial charge in [0.25, 0.3) is 0 Å². The molecule has 2 aromatic rings. The normalized spacial score (nSPS) is 15.8. The number of nitrogens with zero attached hydrogens (tertiary/aromatic N) is 2. The Morgan fingerprint density at radius 1 is 1.13 bits per heavy atom. The van der Waals surface area contributed by atoms with Gasteiger partial charge in [-0.15, -0.1) is 0 Å². The summed E-state index contributed by atoms with van der Waals surface area (Å²) in [5, 5.41) is 6.16. The van der Waals surface area contributed by atoms with E-state index in [1.807, 2.05) is 63.2 Å². The summed E-state index contributed by atoms with van der Waals surface area (Å²) in [6.07, 6.45) is 2.99. The molecule has 31 heavy (non-hydrogen) atoms. The number of amides is 3. The average molecular weight is 425 g/mol. The lowest BCUT2D eigenvalue weighted by Gasteiger charge is -2.34. The number of rotatable bonds is 5. The number of ether oxygens (including phenoxy) is 1. The van der Waals surface area contributed by atoms with Crippen LogP contribution in [0.3, 0.4) is 0 Å². The van der Waals surface area contributed by atoms with Crippen LogP contribution in [0.4, 0.5) is 4.79 Å². The van der Waals surface area contributed by atoms with Gasteiger partial charge in [-0.2, -0.15) is 0 Å². The van der Waals surface area contributed by atoms with Crippen LogP contribution in [-0.4, -0.2) is 47.6 Å². The third-order valence-electron chi connectivity index (χ3n) is 5.33. The number of methoxy groups -OCH3 is 1. The van der Waals surface area contributed by atoms with E-state index in [0.717, 1.165) is 17.0 Å². The molecular formula is C24H32N4O3. The van der Waals surface area contributed by atoms with E-state index >= 15 is 0 Å². The van der Waals surface area contributed by atoms with E-state index in [9.17, 15) is 9.59 Å². The van der Waals surface area contributed by atoms with Gasteiger partial charge in [0, 0.05) is 30.7 Å². The second kappa shape index (κ2) is 9.81. The molecule has 3 rings (SSSR count). The minimum atomic E-state index is -0.369. The molecule has 1 aliphatic rings. The first-order valence-electron chi connectivity index (χ1n) is 10.7. The Labute approximate surface area is 184 Å². The number of nitrogens with one attached hydrogen (secondary N) is 2. The molecule has 1 fully saturated rings. The highest BCUT2D eigenvalue weighted by Gasteiger charge is 2.30. The number of piperidine rings is 1. The Morgan fingerprint density at radius 2 is 1.87 bits per heavy atom. The SMILES string of the molecule is COc1cccc(C(NC(=O)C2CCN(C(=O)NC(C)(C)C)CC2)c2ccccn2)c1. The predicted molar refractivity (Wildman–Crippen MR) is 120 cm³/mol.